The largest absolute Gasteiger partial charge is 0.497 e. The van der Waals surface area contributed by atoms with Gasteiger partial charge in [0.15, 0.2) is 0 Å². The fraction of sp³-hybridized carbons (Fsp3) is 0.360. The van der Waals surface area contributed by atoms with E-state index >= 15 is 0 Å². The number of piperidine rings is 1. The maximum Gasteiger partial charge on any atom is 0.278 e. The van der Waals surface area contributed by atoms with Gasteiger partial charge in [0.25, 0.3) is 11.8 Å². The van der Waals surface area contributed by atoms with Crippen LogP contribution in [0.2, 0.25) is 0 Å². The monoisotopic (exact) mass is 419 g/mol. The molecule has 2 heterocycles. The Kier molecular flexibility index (Phi) is 6.09. The third kappa shape index (κ3) is 4.21. The second-order valence-corrected chi connectivity index (χ2v) is 8.28. The summed E-state index contributed by atoms with van der Waals surface area (Å²) in [7, 11) is 5.69. The summed E-state index contributed by atoms with van der Waals surface area (Å²) in [4.78, 5) is 32.7. The molecule has 0 atom stereocenters. The number of benzene rings is 2. The number of carbonyl (C=O) groups is 2. The predicted molar refractivity (Wildman–Crippen MR) is 120 cm³/mol. The van der Waals surface area contributed by atoms with Crippen LogP contribution in [0.15, 0.2) is 60.3 Å². The molecule has 0 N–H and O–H groups in total. The molecule has 2 aliphatic rings. The number of imide groups is 1. The summed E-state index contributed by atoms with van der Waals surface area (Å²) in [6.45, 7) is 2.21. The molecule has 0 unspecified atom stereocenters. The number of ether oxygens (including phenoxy) is 1. The molecule has 6 nitrogen and oxygen atoms in total. The van der Waals surface area contributed by atoms with E-state index in [-0.39, 0.29) is 24.4 Å². The highest BCUT2D eigenvalue weighted by Crippen LogP contribution is 2.34. The minimum absolute atomic E-state index is 0.221. The molecule has 1 fully saturated rings. The van der Waals surface area contributed by atoms with Crippen LogP contribution in [0.5, 0.6) is 5.75 Å². The Hall–Kier alpha value is -3.12. The second-order valence-electron chi connectivity index (χ2n) is 8.28. The molecular formula is C25H29N3O3. The van der Waals surface area contributed by atoms with Gasteiger partial charge in [-0.3, -0.25) is 14.5 Å². The molecule has 2 aliphatic heterocycles. The van der Waals surface area contributed by atoms with Crippen molar-refractivity contribution in [2.75, 3.05) is 34.3 Å². The lowest BCUT2D eigenvalue weighted by atomic mass is 10.0. The van der Waals surface area contributed by atoms with Crippen LogP contribution in [-0.2, 0) is 16.1 Å². The number of likely N-dealkylation sites (tertiary alicyclic amines) is 1. The molecule has 0 aromatic heterocycles. The topological polar surface area (TPSA) is 53.1 Å². The molecular weight excluding hydrogens is 390 g/mol. The third-order valence-corrected chi connectivity index (χ3v) is 6.29. The van der Waals surface area contributed by atoms with Crippen LogP contribution in [-0.4, -0.2) is 66.9 Å². The molecule has 0 aliphatic carbocycles. The summed E-state index contributed by atoms with van der Waals surface area (Å²) in [5.74, 6) is 0.288. The van der Waals surface area contributed by atoms with Crippen LogP contribution in [0, 0.1) is 0 Å². The van der Waals surface area contributed by atoms with E-state index in [0.717, 1.165) is 42.8 Å². The highest BCUT2D eigenvalue weighted by molar-refractivity contribution is 6.35. The summed E-state index contributed by atoms with van der Waals surface area (Å²) < 4.78 is 5.21. The fourth-order valence-corrected chi connectivity index (χ4v) is 4.38. The Morgan fingerprint density at radius 3 is 2.23 bits per heavy atom. The van der Waals surface area contributed by atoms with E-state index in [0.29, 0.717) is 11.3 Å². The Morgan fingerprint density at radius 2 is 1.61 bits per heavy atom. The highest BCUT2D eigenvalue weighted by Gasteiger charge is 2.42. The van der Waals surface area contributed by atoms with Crippen molar-refractivity contribution >= 4 is 17.4 Å². The highest BCUT2D eigenvalue weighted by atomic mass is 16.5. The number of nitrogens with zero attached hydrogens (tertiary/aromatic N) is 3. The maximum atomic E-state index is 13.5. The molecule has 0 spiro atoms. The van der Waals surface area contributed by atoms with Crippen molar-refractivity contribution in [2.45, 2.75) is 25.4 Å². The quantitative estimate of drug-likeness (QED) is 0.674. The van der Waals surface area contributed by atoms with E-state index in [1.54, 1.807) is 7.11 Å². The fourth-order valence-electron chi connectivity index (χ4n) is 4.38. The zero-order valence-corrected chi connectivity index (χ0v) is 18.4. The Morgan fingerprint density at radius 1 is 0.968 bits per heavy atom. The molecule has 4 rings (SSSR count). The van der Waals surface area contributed by atoms with Crippen LogP contribution in [0.25, 0.3) is 5.57 Å². The Bertz CT molecular complexity index is 977. The number of rotatable bonds is 6. The van der Waals surface area contributed by atoms with Crippen molar-refractivity contribution in [3.63, 3.8) is 0 Å². The van der Waals surface area contributed by atoms with Crippen molar-refractivity contribution in [3.8, 4) is 5.75 Å². The first kappa shape index (κ1) is 21.1. The minimum atomic E-state index is -0.234. The number of hydrogen-bond acceptors (Lipinski definition) is 5. The summed E-state index contributed by atoms with van der Waals surface area (Å²) in [5.41, 5.74) is 2.69. The van der Waals surface area contributed by atoms with Gasteiger partial charge < -0.3 is 14.5 Å². The normalized spacial score (nSPS) is 18.1. The van der Waals surface area contributed by atoms with Gasteiger partial charge in [0.2, 0.25) is 0 Å². The SMILES string of the molecule is COc1ccc(CN2C(=O)C(c3ccccc3)=C(N(C)C3CCN(C)CC3)C2=O)cc1. The van der Waals surface area contributed by atoms with Gasteiger partial charge in [-0.15, -0.1) is 0 Å². The zero-order valence-electron chi connectivity index (χ0n) is 18.4. The Balaban J connectivity index is 1.66. The van der Waals surface area contributed by atoms with Crippen molar-refractivity contribution in [1.82, 2.24) is 14.7 Å². The van der Waals surface area contributed by atoms with E-state index in [4.69, 9.17) is 4.74 Å². The lowest BCUT2D eigenvalue weighted by molar-refractivity contribution is -0.138. The molecule has 2 aromatic rings. The maximum absolute atomic E-state index is 13.5. The first-order valence-corrected chi connectivity index (χ1v) is 10.7. The van der Waals surface area contributed by atoms with E-state index in [9.17, 15) is 9.59 Å². The van der Waals surface area contributed by atoms with Crippen LogP contribution >= 0.6 is 0 Å². The van der Waals surface area contributed by atoms with Gasteiger partial charge >= 0.3 is 0 Å². The van der Waals surface area contributed by atoms with Gasteiger partial charge in [-0.25, -0.2) is 0 Å². The lowest BCUT2D eigenvalue weighted by Crippen LogP contribution is -2.43. The van der Waals surface area contributed by atoms with E-state index in [2.05, 4.69) is 11.9 Å². The second kappa shape index (κ2) is 8.94. The lowest BCUT2D eigenvalue weighted by Gasteiger charge is -2.36. The van der Waals surface area contributed by atoms with Crippen LogP contribution < -0.4 is 4.74 Å². The molecule has 0 radical (unpaired) electrons. The number of likely N-dealkylation sites (N-methyl/N-ethyl adjacent to an activating group) is 1. The first-order valence-electron chi connectivity index (χ1n) is 10.7. The van der Waals surface area contributed by atoms with Gasteiger partial charge in [-0.1, -0.05) is 42.5 Å². The van der Waals surface area contributed by atoms with Crippen molar-refractivity contribution in [1.29, 1.82) is 0 Å². The molecule has 31 heavy (non-hydrogen) atoms. The summed E-state index contributed by atoms with van der Waals surface area (Å²) >= 11 is 0. The van der Waals surface area contributed by atoms with Crippen LogP contribution in [0.1, 0.15) is 24.0 Å². The number of hydrogen-bond donors (Lipinski definition) is 0. The molecule has 2 amide bonds. The van der Waals surface area contributed by atoms with Gasteiger partial charge in [-0.2, -0.15) is 0 Å². The van der Waals surface area contributed by atoms with Crippen molar-refractivity contribution < 1.29 is 14.3 Å². The van der Waals surface area contributed by atoms with Gasteiger partial charge in [0.05, 0.1) is 19.2 Å². The smallest absolute Gasteiger partial charge is 0.278 e. The van der Waals surface area contributed by atoms with Gasteiger partial charge in [0, 0.05) is 13.1 Å². The van der Waals surface area contributed by atoms with Crippen molar-refractivity contribution in [3.05, 3.63) is 71.4 Å². The average molecular weight is 420 g/mol. The molecule has 162 valence electrons. The van der Waals surface area contributed by atoms with E-state index < -0.39 is 0 Å². The molecule has 0 bridgehead atoms. The van der Waals surface area contributed by atoms with Gasteiger partial charge in [0.1, 0.15) is 11.4 Å². The zero-order chi connectivity index (χ0) is 22.0. The van der Waals surface area contributed by atoms with Crippen molar-refractivity contribution in [2.24, 2.45) is 0 Å². The third-order valence-electron chi connectivity index (χ3n) is 6.29. The number of carbonyl (C=O) groups excluding carboxylic acids is 2. The summed E-state index contributed by atoms with van der Waals surface area (Å²) in [6.07, 6.45) is 1.94. The molecule has 6 heteroatoms. The van der Waals surface area contributed by atoms with E-state index in [1.165, 1.54) is 4.90 Å². The standard InChI is InChI=1S/C25H29N3O3/c1-26-15-13-20(14-16-26)27(2)23-22(19-7-5-4-6-8-19)24(29)28(25(23)30)17-18-9-11-21(31-3)12-10-18/h4-12,20H,13-17H2,1-3H3. The predicted octanol–water partition coefficient (Wildman–Crippen LogP) is 3.00. The average Bonchev–Trinajstić information content (AvgIpc) is 3.05. The molecule has 1 saturated heterocycles. The minimum Gasteiger partial charge on any atom is -0.497 e. The summed E-state index contributed by atoms with van der Waals surface area (Å²) in [5, 5.41) is 0. The number of amides is 2. The molecule has 0 saturated carbocycles. The van der Waals surface area contributed by atoms with Gasteiger partial charge in [-0.05, 0) is 56.2 Å². The number of methoxy groups -OCH3 is 1. The van der Waals surface area contributed by atoms with Crippen LogP contribution in [0.4, 0.5) is 0 Å². The van der Waals surface area contributed by atoms with E-state index in [1.807, 2.05) is 66.5 Å². The molecule has 2 aromatic carbocycles. The first-order chi connectivity index (χ1) is 15.0. The summed E-state index contributed by atoms with van der Waals surface area (Å²) in [6, 6.07) is 17.2. The Labute approximate surface area is 183 Å². The van der Waals surface area contributed by atoms with Crippen LogP contribution in [0.3, 0.4) is 0 Å².